The fourth-order valence-corrected chi connectivity index (χ4v) is 2.70. The van der Waals surface area contributed by atoms with Crippen molar-refractivity contribution in [1.82, 2.24) is 19.9 Å². The van der Waals surface area contributed by atoms with Crippen LogP contribution in [0, 0.1) is 0 Å². The highest BCUT2D eigenvalue weighted by Crippen LogP contribution is 2.23. The van der Waals surface area contributed by atoms with Crippen molar-refractivity contribution in [2.75, 3.05) is 6.54 Å². The third kappa shape index (κ3) is 2.04. The van der Waals surface area contributed by atoms with Gasteiger partial charge >= 0.3 is 0 Å². The molecule has 1 fully saturated rings. The average molecular weight is 258 g/mol. The average Bonchev–Trinajstić information content (AvgIpc) is 2.92. The van der Waals surface area contributed by atoms with Crippen LogP contribution in [0.4, 0.5) is 0 Å². The van der Waals surface area contributed by atoms with E-state index < -0.39 is 0 Å². The molecule has 1 saturated heterocycles. The lowest BCUT2D eigenvalue weighted by Crippen LogP contribution is -2.31. The molecular formula is C14H18N4O. The smallest absolute Gasteiger partial charge is 0.263 e. The van der Waals surface area contributed by atoms with Gasteiger partial charge in [-0.15, -0.1) is 0 Å². The maximum atomic E-state index is 12.6. The van der Waals surface area contributed by atoms with Gasteiger partial charge < -0.3 is 5.32 Å². The van der Waals surface area contributed by atoms with E-state index in [0.717, 1.165) is 25.2 Å². The Morgan fingerprint density at radius 2 is 2.32 bits per heavy atom. The molecule has 5 nitrogen and oxygen atoms in total. The van der Waals surface area contributed by atoms with Crippen molar-refractivity contribution in [3.8, 4) is 0 Å². The summed E-state index contributed by atoms with van der Waals surface area (Å²) in [6.45, 7) is 5.02. The minimum absolute atomic E-state index is 0.0109. The number of nitrogens with zero attached hydrogens (tertiary/aromatic N) is 3. The Labute approximate surface area is 111 Å². The van der Waals surface area contributed by atoms with E-state index in [1.165, 1.54) is 0 Å². The van der Waals surface area contributed by atoms with E-state index in [-0.39, 0.29) is 17.6 Å². The van der Waals surface area contributed by atoms with E-state index in [4.69, 9.17) is 0 Å². The van der Waals surface area contributed by atoms with Gasteiger partial charge in [-0.3, -0.25) is 9.36 Å². The molecule has 0 spiro atoms. The second kappa shape index (κ2) is 4.74. The van der Waals surface area contributed by atoms with Gasteiger partial charge in [0.2, 0.25) is 0 Å². The lowest BCUT2D eigenvalue weighted by atomic mass is 10.2. The molecule has 1 unspecified atom stereocenters. The van der Waals surface area contributed by atoms with Crippen LogP contribution in [0.15, 0.2) is 23.1 Å². The second-order valence-electron chi connectivity index (χ2n) is 5.26. The van der Waals surface area contributed by atoms with E-state index in [9.17, 15) is 4.79 Å². The lowest BCUT2D eigenvalue weighted by Gasteiger charge is -2.20. The standard InChI is InChI=1S/C14H18N4O/c1-9(2)18-13(11-6-4-7-15-11)17-12-10(14(18)19)5-3-8-16-12/h3,5,8-9,11,15H,4,6-7H2,1-2H3. The normalized spacial score (nSPS) is 19.4. The first-order valence-corrected chi connectivity index (χ1v) is 6.79. The monoisotopic (exact) mass is 258 g/mol. The van der Waals surface area contributed by atoms with Gasteiger partial charge in [0.15, 0.2) is 5.65 Å². The topological polar surface area (TPSA) is 59.8 Å². The first-order valence-electron chi connectivity index (χ1n) is 6.79. The highest BCUT2D eigenvalue weighted by molar-refractivity contribution is 5.73. The summed E-state index contributed by atoms with van der Waals surface area (Å²) < 4.78 is 1.80. The molecule has 2 aromatic heterocycles. The van der Waals surface area contributed by atoms with Gasteiger partial charge in [0, 0.05) is 12.2 Å². The van der Waals surface area contributed by atoms with Gasteiger partial charge in [0.05, 0.1) is 11.4 Å². The van der Waals surface area contributed by atoms with Crippen LogP contribution in [0.5, 0.6) is 0 Å². The fourth-order valence-electron chi connectivity index (χ4n) is 2.70. The molecule has 0 radical (unpaired) electrons. The third-order valence-electron chi connectivity index (χ3n) is 3.59. The molecule has 0 bridgehead atoms. The molecule has 1 aliphatic rings. The zero-order chi connectivity index (χ0) is 13.4. The first-order chi connectivity index (χ1) is 9.18. The van der Waals surface area contributed by atoms with Gasteiger partial charge in [0.25, 0.3) is 5.56 Å². The summed E-state index contributed by atoms with van der Waals surface area (Å²) in [5.41, 5.74) is 0.560. The number of nitrogens with one attached hydrogen (secondary N) is 1. The van der Waals surface area contributed by atoms with Crippen LogP contribution in [0.1, 0.15) is 44.6 Å². The Bertz CT molecular complexity index is 656. The number of hydrogen-bond acceptors (Lipinski definition) is 4. The van der Waals surface area contributed by atoms with Gasteiger partial charge in [-0.1, -0.05) is 0 Å². The summed E-state index contributed by atoms with van der Waals surface area (Å²) in [5.74, 6) is 0.823. The van der Waals surface area contributed by atoms with Crippen LogP contribution in [0.3, 0.4) is 0 Å². The quantitative estimate of drug-likeness (QED) is 0.892. The molecule has 0 saturated carbocycles. The minimum Gasteiger partial charge on any atom is -0.307 e. The van der Waals surface area contributed by atoms with Crippen molar-refractivity contribution in [2.45, 2.75) is 38.8 Å². The Morgan fingerprint density at radius 1 is 1.47 bits per heavy atom. The van der Waals surface area contributed by atoms with E-state index in [0.29, 0.717) is 11.0 Å². The van der Waals surface area contributed by atoms with Crippen molar-refractivity contribution < 1.29 is 0 Å². The van der Waals surface area contributed by atoms with Crippen LogP contribution < -0.4 is 10.9 Å². The van der Waals surface area contributed by atoms with Gasteiger partial charge in [-0.05, 0) is 45.4 Å². The largest absolute Gasteiger partial charge is 0.307 e. The molecule has 3 heterocycles. The molecule has 5 heteroatoms. The summed E-state index contributed by atoms with van der Waals surface area (Å²) in [7, 11) is 0. The minimum atomic E-state index is 0.0109. The van der Waals surface area contributed by atoms with Crippen molar-refractivity contribution in [1.29, 1.82) is 0 Å². The van der Waals surface area contributed by atoms with Crippen LogP contribution >= 0.6 is 0 Å². The molecule has 0 aliphatic carbocycles. The lowest BCUT2D eigenvalue weighted by molar-refractivity contribution is 0.484. The molecule has 3 rings (SSSR count). The van der Waals surface area contributed by atoms with E-state index in [1.54, 1.807) is 22.9 Å². The Kier molecular flexibility index (Phi) is 3.06. The van der Waals surface area contributed by atoms with Crippen LogP contribution in [0.25, 0.3) is 11.0 Å². The second-order valence-corrected chi connectivity index (χ2v) is 5.26. The molecule has 19 heavy (non-hydrogen) atoms. The summed E-state index contributed by atoms with van der Waals surface area (Å²) in [4.78, 5) is 21.5. The van der Waals surface area contributed by atoms with Crippen molar-refractivity contribution in [3.63, 3.8) is 0 Å². The predicted octanol–water partition coefficient (Wildman–Crippen LogP) is 1.80. The number of aromatic nitrogens is 3. The number of rotatable bonds is 2. The predicted molar refractivity (Wildman–Crippen MR) is 74.2 cm³/mol. The number of hydrogen-bond donors (Lipinski definition) is 1. The SMILES string of the molecule is CC(C)n1c(C2CCCN2)nc2ncccc2c1=O. The van der Waals surface area contributed by atoms with Gasteiger partial charge in [0.1, 0.15) is 5.82 Å². The Morgan fingerprint density at radius 3 is 3.00 bits per heavy atom. The zero-order valence-corrected chi connectivity index (χ0v) is 11.3. The van der Waals surface area contributed by atoms with Crippen LogP contribution in [-0.4, -0.2) is 21.1 Å². The third-order valence-corrected chi connectivity index (χ3v) is 3.59. The van der Waals surface area contributed by atoms with E-state index in [2.05, 4.69) is 15.3 Å². The van der Waals surface area contributed by atoms with Crippen molar-refractivity contribution >= 4 is 11.0 Å². The van der Waals surface area contributed by atoms with Crippen LogP contribution in [0.2, 0.25) is 0 Å². The summed E-state index contributed by atoms with van der Waals surface area (Å²) in [6, 6.07) is 3.84. The molecular weight excluding hydrogens is 240 g/mol. The molecule has 0 aromatic carbocycles. The Balaban J connectivity index is 2.29. The highest BCUT2D eigenvalue weighted by atomic mass is 16.1. The zero-order valence-electron chi connectivity index (χ0n) is 11.3. The molecule has 100 valence electrons. The highest BCUT2D eigenvalue weighted by Gasteiger charge is 2.24. The van der Waals surface area contributed by atoms with E-state index in [1.807, 2.05) is 13.8 Å². The summed E-state index contributed by atoms with van der Waals surface area (Å²) >= 11 is 0. The summed E-state index contributed by atoms with van der Waals surface area (Å²) in [5, 5.41) is 4.01. The fraction of sp³-hybridized carbons (Fsp3) is 0.500. The molecule has 1 N–H and O–H groups in total. The maximum Gasteiger partial charge on any atom is 0.263 e. The molecule has 1 aliphatic heterocycles. The molecule has 1 atom stereocenters. The van der Waals surface area contributed by atoms with Crippen molar-refractivity contribution in [2.24, 2.45) is 0 Å². The van der Waals surface area contributed by atoms with Crippen LogP contribution in [-0.2, 0) is 0 Å². The maximum absolute atomic E-state index is 12.6. The van der Waals surface area contributed by atoms with Gasteiger partial charge in [-0.2, -0.15) is 0 Å². The molecule has 2 aromatic rings. The van der Waals surface area contributed by atoms with Crippen molar-refractivity contribution in [3.05, 3.63) is 34.5 Å². The summed E-state index contributed by atoms with van der Waals surface area (Å²) in [6.07, 6.45) is 3.83. The van der Waals surface area contributed by atoms with E-state index >= 15 is 0 Å². The Hall–Kier alpha value is -1.75. The number of pyridine rings is 1. The van der Waals surface area contributed by atoms with Gasteiger partial charge in [-0.25, -0.2) is 9.97 Å². The molecule has 0 amide bonds. The first kappa shape index (κ1) is 12.3. The number of fused-ring (bicyclic) bond motifs is 1.